The van der Waals surface area contributed by atoms with Crippen LogP contribution in [0.5, 0.6) is 0 Å². The Bertz CT molecular complexity index is 385. The molecule has 1 rings (SSSR count). The average molecular weight is 223 g/mol. The van der Waals surface area contributed by atoms with Crippen LogP contribution in [0.4, 0.5) is 0 Å². The van der Waals surface area contributed by atoms with Crippen molar-refractivity contribution in [1.82, 2.24) is 15.0 Å². The number of carbonyl (C=O) groups is 1. The molecule has 0 aliphatic carbocycles. The molecule has 0 N–H and O–H groups in total. The molecule has 5 nitrogen and oxygen atoms in total. The number of esters is 1. The van der Waals surface area contributed by atoms with Crippen molar-refractivity contribution in [2.75, 3.05) is 6.61 Å². The fourth-order valence-electron chi connectivity index (χ4n) is 1.32. The van der Waals surface area contributed by atoms with E-state index >= 15 is 0 Å². The third-order valence-electron chi connectivity index (χ3n) is 2.46. The number of hydrogen-bond donors (Lipinski definition) is 0. The fourth-order valence-corrected chi connectivity index (χ4v) is 1.32. The molecular weight excluding hydrogens is 206 g/mol. The number of hydrogen-bond acceptors (Lipinski definition) is 4. The summed E-state index contributed by atoms with van der Waals surface area (Å²) in [6.45, 7) is 9.57. The fraction of sp³-hybridized carbons (Fsp3) is 0.545. The van der Waals surface area contributed by atoms with Crippen LogP contribution in [0.2, 0.25) is 0 Å². The topological polar surface area (TPSA) is 57.0 Å². The normalized spacial score (nSPS) is 12.2. The molecule has 0 radical (unpaired) electrons. The van der Waals surface area contributed by atoms with Crippen LogP contribution >= 0.6 is 0 Å². The van der Waals surface area contributed by atoms with Gasteiger partial charge in [-0.2, -0.15) is 0 Å². The van der Waals surface area contributed by atoms with Gasteiger partial charge in [-0.15, -0.1) is 5.10 Å². The zero-order valence-corrected chi connectivity index (χ0v) is 9.93. The van der Waals surface area contributed by atoms with Crippen LogP contribution in [0.3, 0.4) is 0 Å². The Morgan fingerprint density at radius 2 is 2.38 bits per heavy atom. The van der Waals surface area contributed by atoms with Gasteiger partial charge in [-0.3, -0.25) is 0 Å². The summed E-state index contributed by atoms with van der Waals surface area (Å²) in [5.74, 6) is -0.452. The summed E-state index contributed by atoms with van der Waals surface area (Å²) < 4.78 is 6.65. The zero-order chi connectivity index (χ0) is 12.1. The highest BCUT2D eigenvalue weighted by molar-refractivity contribution is 5.88. The van der Waals surface area contributed by atoms with Crippen LogP contribution < -0.4 is 0 Å². The molecule has 0 fully saturated rings. The highest BCUT2D eigenvalue weighted by Gasteiger charge is 2.19. The second-order valence-corrected chi connectivity index (χ2v) is 3.61. The van der Waals surface area contributed by atoms with Gasteiger partial charge in [0.1, 0.15) is 6.61 Å². The number of rotatable bonds is 5. The molecule has 0 bridgehead atoms. The van der Waals surface area contributed by atoms with Gasteiger partial charge < -0.3 is 4.74 Å². The zero-order valence-electron chi connectivity index (χ0n) is 9.93. The van der Waals surface area contributed by atoms with E-state index in [0.29, 0.717) is 0 Å². The molecule has 1 unspecified atom stereocenters. The maximum Gasteiger partial charge on any atom is 0.361 e. The first kappa shape index (κ1) is 12.4. The van der Waals surface area contributed by atoms with Gasteiger partial charge in [-0.1, -0.05) is 24.8 Å². The van der Waals surface area contributed by atoms with Crippen LogP contribution in [-0.4, -0.2) is 27.6 Å². The SMILES string of the molecule is C=CCOC(=O)c1nnn(C(C)CC)c1C. The Morgan fingerprint density at radius 3 is 2.94 bits per heavy atom. The van der Waals surface area contributed by atoms with E-state index in [-0.39, 0.29) is 18.3 Å². The van der Waals surface area contributed by atoms with E-state index in [9.17, 15) is 4.79 Å². The summed E-state index contributed by atoms with van der Waals surface area (Å²) in [4.78, 5) is 11.6. The quantitative estimate of drug-likeness (QED) is 0.565. The lowest BCUT2D eigenvalue weighted by atomic mass is 10.2. The van der Waals surface area contributed by atoms with Crippen LogP contribution in [0.15, 0.2) is 12.7 Å². The van der Waals surface area contributed by atoms with Gasteiger partial charge >= 0.3 is 5.97 Å². The maximum absolute atomic E-state index is 11.6. The van der Waals surface area contributed by atoms with Crippen molar-refractivity contribution in [1.29, 1.82) is 0 Å². The van der Waals surface area contributed by atoms with Gasteiger partial charge in [0, 0.05) is 0 Å². The van der Waals surface area contributed by atoms with Gasteiger partial charge in [0.15, 0.2) is 5.69 Å². The van der Waals surface area contributed by atoms with Crippen LogP contribution in [0.1, 0.15) is 42.5 Å². The Kier molecular flexibility index (Phi) is 4.22. The molecule has 88 valence electrons. The second-order valence-electron chi connectivity index (χ2n) is 3.61. The van der Waals surface area contributed by atoms with Gasteiger partial charge in [-0.05, 0) is 20.3 Å². The first-order chi connectivity index (χ1) is 7.61. The molecule has 1 aromatic heterocycles. The van der Waals surface area contributed by atoms with Crippen molar-refractivity contribution in [3.05, 3.63) is 24.0 Å². The van der Waals surface area contributed by atoms with E-state index in [0.717, 1.165) is 12.1 Å². The molecule has 16 heavy (non-hydrogen) atoms. The first-order valence-corrected chi connectivity index (χ1v) is 5.31. The predicted octanol–water partition coefficient (Wildman–Crippen LogP) is 1.90. The summed E-state index contributed by atoms with van der Waals surface area (Å²) in [7, 11) is 0. The summed E-state index contributed by atoms with van der Waals surface area (Å²) in [6.07, 6.45) is 2.46. The van der Waals surface area contributed by atoms with E-state index < -0.39 is 5.97 Å². The average Bonchev–Trinajstić information content (AvgIpc) is 2.67. The number of nitrogens with zero attached hydrogens (tertiary/aromatic N) is 3. The van der Waals surface area contributed by atoms with Crippen molar-refractivity contribution < 1.29 is 9.53 Å². The number of ether oxygens (including phenoxy) is 1. The molecule has 0 saturated heterocycles. The van der Waals surface area contributed by atoms with Gasteiger partial charge in [0.25, 0.3) is 0 Å². The standard InChI is InChI=1S/C11H17N3O2/c1-5-7-16-11(15)10-9(4)14(13-12-10)8(3)6-2/h5,8H,1,6-7H2,2-4H3. The molecule has 0 aromatic carbocycles. The Hall–Kier alpha value is -1.65. The lowest BCUT2D eigenvalue weighted by molar-refractivity contribution is 0.0542. The monoisotopic (exact) mass is 223 g/mol. The molecule has 1 aromatic rings. The summed E-state index contributed by atoms with van der Waals surface area (Å²) >= 11 is 0. The van der Waals surface area contributed by atoms with Crippen LogP contribution in [0, 0.1) is 6.92 Å². The third-order valence-corrected chi connectivity index (χ3v) is 2.46. The van der Waals surface area contributed by atoms with E-state index in [1.54, 1.807) is 4.68 Å². The third kappa shape index (κ3) is 2.48. The predicted molar refractivity (Wildman–Crippen MR) is 60.2 cm³/mol. The maximum atomic E-state index is 11.6. The minimum atomic E-state index is -0.452. The second kappa shape index (κ2) is 5.44. The minimum absolute atomic E-state index is 0.189. The van der Waals surface area contributed by atoms with Gasteiger partial charge in [0.2, 0.25) is 0 Å². The molecule has 1 atom stereocenters. The molecule has 0 amide bonds. The largest absolute Gasteiger partial charge is 0.457 e. The van der Waals surface area contributed by atoms with Crippen molar-refractivity contribution >= 4 is 5.97 Å². The van der Waals surface area contributed by atoms with Crippen molar-refractivity contribution in [2.45, 2.75) is 33.2 Å². The smallest absolute Gasteiger partial charge is 0.361 e. The van der Waals surface area contributed by atoms with E-state index in [4.69, 9.17) is 4.74 Å². The first-order valence-electron chi connectivity index (χ1n) is 5.31. The molecular formula is C11H17N3O2. The summed E-state index contributed by atoms with van der Waals surface area (Å²) in [5.41, 5.74) is 1.02. The highest BCUT2D eigenvalue weighted by atomic mass is 16.5. The number of aromatic nitrogens is 3. The lowest BCUT2D eigenvalue weighted by Crippen LogP contribution is -2.10. The van der Waals surface area contributed by atoms with Crippen molar-refractivity contribution in [3.8, 4) is 0 Å². The Labute approximate surface area is 95.1 Å². The molecule has 0 spiro atoms. The summed E-state index contributed by atoms with van der Waals surface area (Å²) in [5, 5.41) is 7.80. The van der Waals surface area contributed by atoms with Crippen molar-refractivity contribution in [3.63, 3.8) is 0 Å². The van der Waals surface area contributed by atoms with E-state index in [1.165, 1.54) is 6.08 Å². The van der Waals surface area contributed by atoms with Crippen molar-refractivity contribution in [2.24, 2.45) is 0 Å². The molecule has 5 heteroatoms. The molecule has 0 saturated carbocycles. The number of carbonyl (C=O) groups excluding carboxylic acids is 1. The van der Waals surface area contributed by atoms with E-state index in [1.807, 2.05) is 13.8 Å². The molecule has 0 aliphatic heterocycles. The molecule has 1 heterocycles. The molecule has 0 aliphatic rings. The lowest BCUT2D eigenvalue weighted by Gasteiger charge is -2.09. The van der Waals surface area contributed by atoms with Gasteiger partial charge in [0.05, 0.1) is 11.7 Å². The van der Waals surface area contributed by atoms with Crippen LogP contribution in [0.25, 0.3) is 0 Å². The van der Waals surface area contributed by atoms with E-state index in [2.05, 4.69) is 23.8 Å². The Morgan fingerprint density at radius 1 is 1.69 bits per heavy atom. The summed E-state index contributed by atoms with van der Waals surface area (Å²) in [6, 6.07) is 0.230. The highest BCUT2D eigenvalue weighted by Crippen LogP contribution is 2.14. The van der Waals surface area contributed by atoms with Crippen LogP contribution in [-0.2, 0) is 4.74 Å². The minimum Gasteiger partial charge on any atom is -0.457 e. The van der Waals surface area contributed by atoms with Gasteiger partial charge in [-0.25, -0.2) is 9.48 Å². The Balaban J connectivity index is 2.86.